The molecular formula is C25H27ClN2O6. The third-order valence-corrected chi connectivity index (χ3v) is 6.40. The number of Topliss-reactive ketones (excluding diaryl/α,β-unsaturated/α-hetero) is 1. The number of hydrogen-bond acceptors (Lipinski definition) is 7. The van der Waals surface area contributed by atoms with E-state index >= 15 is 0 Å². The minimum Gasteiger partial charge on any atom is -0.507 e. The van der Waals surface area contributed by atoms with Gasteiger partial charge in [0, 0.05) is 36.8 Å². The molecule has 1 atom stereocenters. The van der Waals surface area contributed by atoms with Gasteiger partial charge in [0.15, 0.2) is 0 Å². The maximum atomic E-state index is 13.2. The molecule has 2 aliphatic rings. The number of benzene rings is 2. The summed E-state index contributed by atoms with van der Waals surface area (Å²) in [5.41, 5.74) is 0.441. The van der Waals surface area contributed by atoms with Gasteiger partial charge in [-0.3, -0.25) is 14.5 Å². The highest BCUT2D eigenvalue weighted by Gasteiger charge is 2.47. The average Bonchev–Trinajstić information content (AvgIpc) is 3.10. The third-order valence-electron chi connectivity index (χ3n) is 6.16. The Morgan fingerprint density at radius 1 is 1.15 bits per heavy atom. The summed E-state index contributed by atoms with van der Waals surface area (Å²) in [4.78, 5) is 30.0. The molecule has 2 aliphatic heterocycles. The van der Waals surface area contributed by atoms with Crippen molar-refractivity contribution in [1.29, 1.82) is 0 Å². The van der Waals surface area contributed by atoms with Gasteiger partial charge in [0.1, 0.15) is 17.3 Å². The van der Waals surface area contributed by atoms with E-state index in [0.29, 0.717) is 37.5 Å². The lowest BCUT2D eigenvalue weighted by molar-refractivity contribution is -0.140. The lowest BCUT2D eigenvalue weighted by Crippen LogP contribution is -2.39. The fourth-order valence-corrected chi connectivity index (χ4v) is 4.63. The summed E-state index contributed by atoms with van der Waals surface area (Å²) in [5, 5.41) is 21.7. The number of nitrogens with zero attached hydrogens (tertiary/aromatic N) is 2. The number of phenols is 1. The second kappa shape index (κ2) is 10.5. The number of likely N-dealkylation sites (tertiary alicyclic amines) is 1. The predicted molar refractivity (Wildman–Crippen MR) is 127 cm³/mol. The van der Waals surface area contributed by atoms with Crippen molar-refractivity contribution in [2.75, 3.05) is 46.5 Å². The Balaban J connectivity index is 1.74. The SMILES string of the molecule is COc1ccccc1[C@H]1C(=C(O)c2cc(Cl)ccc2O)C(=O)C(=O)N1CCCN1CCOCC1. The number of aromatic hydroxyl groups is 1. The van der Waals surface area contributed by atoms with Gasteiger partial charge in [0.25, 0.3) is 11.7 Å². The second-order valence-corrected chi connectivity index (χ2v) is 8.64. The summed E-state index contributed by atoms with van der Waals surface area (Å²) in [5.74, 6) is -1.78. The van der Waals surface area contributed by atoms with Crippen LogP contribution in [0.25, 0.3) is 5.76 Å². The predicted octanol–water partition coefficient (Wildman–Crippen LogP) is 3.20. The molecule has 0 aliphatic carbocycles. The topological polar surface area (TPSA) is 99.5 Å². The first kappa shape index (κ1) is 24.1. The molecule has 0 unspecified atom stereocenters. The number of methoxy groups -OCH3 is 1. The number of hydrogen-bond donors (Lipinski definition) is 2. The molecule has 9 heteroatoms. The molecule has 34 heavy (non-hydrogen) atoms. The minimum absolute atomic E-state index is 0.0151. The summed E-state index contributed by atoms with van der Waals surface area (Å²) in [7, 11) is 1.51. The molecule has 4 rings (SSSR count). The van der Waals surface area contributed by atoms with Gasteiger partial charge in [-0.15, -0.1) is 0 Å². The van der Waals surface area contributed by atoms with E-state index < -0.39 is 23.5 Å². The molecule has 0 bridgehead atoms. The van der Waals surface area contributed by atoms with Crippen LogP contribution in [0.1, 0.15) is 23.6 Å². The van der Waals surface area contributed by atoms with Crippen molar-refractivity contribution in [3.8, 4) is 11.5 Å². The van der Waals surface area contributed by atoms with Gasteiger partial charge in [-0.05, 0) is 30.7 Å². The molecule has 0 saturated carbocycles. The van der Waals surface area contributed by atoms with Gasteiger partial charge >= 0.3 is 0 Å². The molecule has 0 spiro atoms. The molecule has 0 aromatic heterocycles. The molecule has 2 aromatic rings. The zero-order chi connectivity index (χ0) is 24.2. The van der Waals surface area contributed by atoms with E-state index in [4.69, 9.17) is 21.1 Å². The Hall–Kier alpha value is -3.07. The van der Waals surface area contributed by atoms with Crippen molar-refractivity contribution in [3.63, 3.8) is 0 Å². The normalized spacial score (nSPS) is 20.6. The number of rotatable bonds is 7. The quantitative estimate of drug-likeness (QED) is 0.352. The molecule has 2 N–H and O–H groups in total. The highest BCUT2D eigenvalue weighted by molar-refractivity contribution is 6.46. The number of ketones is 1. The van der Waals surface area contributed by atoms with Crippen LogP contribution in [0.15, 0.2) is 48.0 Å². The van der Waals surface area contributed by atoms with Crippen LogP contribution in [0.2, 0.25) is 5.02 Å². The van der Waals surface area contributed by atoms with Crippen molar-refractivity contribution >= 4 is 29.1 Å². The van der Waals surface area contributed by atoms with Crippen LogP contribution in [0.4, 0.5) is 0 Å². The van der Waals surface area contributed by atoms with Crippen LogP contribution in [-0.4, -0.2) is 78.2 Å². The molecular weight excluding hydrogens is 460 g/mol. The third kappa shape index (κ3) is 4.75. The van der Waals surface area contributed by atoms with Crippen molar-refractivity contribution in [3.05, 3.63) is 64.2 Å². The number of amides is 1. The number of morpholine rings is 1. The Labute approximate surface area is 202 Å². The van der Waals surface area contributed by atoms with Gasteiger partial charge in [0.05, 0.1) is 37.5 Å². The lowest BCUT2D eigenvalue weighted by Gasteiger charge is -2.29. The monoisotopic (exact) mass is 486 g/mol. The number of carbonyl (C=O) groups is 2. The molecule has 2 aromatic carbocycles. The number of carbonyl (C=O) groups excluding carboxylic acids is 2. The van der Waals surface area contributed by atoms with Crippen molar-refractivity contribution in [1.82, 2.24) is 9.80 Å². The largest absolute Gasteiger partial charge is 0.507 e. The lowest BCUT2D eigenvalue weighted by atomic mass is 9.94. The second-order valence-electron chi connectivity index (χ2n) is 8.20. The van der Waals surface area contributed by atoms with Gasteiger partial charge in [0.2, 0.25) is 0 Å². The number of aliphatic hydroxyl groups excluding tert-OH is 1. The molecule has 180 valence electrons. The first-order valence-electron chi connectivity index (χ1n) is 11.1. The van der Waals surface area contributed by atoms with Crippen LogP contribution in [0, 0.1) is 0 Å². The molecule has 8 nitrogen and oxygen atoms in total. The number of aliphatic hydroxyl groups is 1. The summed E-state index contributed by atoms with van der Waals surface area (Å²) < 4.78 is 10.9. The first-order valence-corrected chi connectivity index (χ1v) is 11.5. The van der Waals surface area contributed by atoms with Crippen molar-refractivity contribution in [2.24, 2.45) is 0 Å². The highest BCUT2D eigenvalue weighted by Crippen LogP contribution is 2.43. The van der Waals surface area contributed by atoms with E-state index in [2.05, 4.69) is 4.90 Å². The van der Waals surface area contributed by atoms with Crippen LogP contribution in [0.5, 0.6) is 11.5 Å². The van der Waals surface area contributed by atoms with Crippen LogP contribution in [-0.2, 0) is 14.3 Å². The van der Waals surface area contributed by atoms with Crippen molar-refractivity contribution in [2.45, 2.75) is 12.5 Å². The van der Waals surface area contributed by atoms with E-state index in [9.17, 15) is 19.8 Å². The van der Waals surface area contributed by atoms with E-state index in [1.165, 1.54) is 30.2 Å². The van der Waals surface area contributed by atoms with E-state index in [1.807, 2.05) is 0 Å². The fraction of sp³-hybridized carbons (Fsp3) is 0.360. The molecule has 0 radical (unpaired) electrons. The summed E-state index contributed by atoms with van der Waals surface area (Å²) >= 11 is 6.06. The fourth-order valence-electron chi connectivity index (χ4n) is 4.46. The maximum Gasteiger partial charge on any atom is 0.295 e. The van der Waals surface area contributed by atoms with Gasteiger partial charge in [-0.2, -0.15) is 0 Å². The average molecular weight is 487 g/mol. The molecule has 2 fully saturated rings. The zero-order valence-electron chi connectivity index (χ0n) is 18.9. The van der Waals surface area contributed by atoms with Gasteiger partial charge < -0.3 is 24.6 Å². The van der Waals surface area contributed by atoms with E-state index in [1.54, 1.807) is 24.3 Å². The maximum absolute atomic E-state index is 13.2. The molecule has 2 saturated heterocycles. The Morgan fingerprint density at radius 3 is 2.62 bits per heavy atom. The van der Waals surface area contributed by atoms with Crippen LogP contribution >= 0.6 is 11.6 Å². The minimum atomic E-state index is -0.876. The van der Waals surface area contributed by atoms with E-state index in [-0.39, 0.29) is 21.9 Å². The Kier molecular flexibility index (Phi) is 7.41. The van der Waals surface area contributed by atoms with Crippen molar-refractivity contribution < 1.29 is 29.3 Å². The smallest absolute Gasteiger partial charge is 0.295 e. The number of para-hydroxylation sites is 1. The Bertz CT molecular complexity index is 1110. The van der Waals surface area contributed by atoms with Gasteiger partial charge in [-0.1, -0.05) is 29.8 Å². The van der Waals surface area contributed by atoms with Gasteiger partial charge in [-0.25, -0.2) is 0 Å². The van der Waals surface area contributed by atoms with Crippen LogP contribution < -0.4 is 4.74 Å². The Morgan fingerprint density at radius 2 is 1.88 bits per heavy atom. The number of halogens is 1. The number of ether oxygens (including phenoxy) is 2. The number of phenolic OH excluding ortho intramolecular Hbond substituents is 1. The molecule has 1 amide bonds. The summed E-state index contributed by atoms with van der Waals surface area (Å²) in [6.45, 7) is 4.05. The highest BCUT2D eigenvalue weighted by atomic mass is 35.5. The standard InChI is InChI=1S/C25H27ClN2O6/c1-33-20-6-3-2-5-17(20)22-21(23(30)18-15-16(26)7-8-19(18)29)24(31)25(32)28(22)10-4-9-27-11-13-34-14-12-27/h2-3,5-8,15,22,29-30H,4,9-14H2,1H3/t22-/m0/s1. The first-order chi connectivity index (χ1) is 16.4. The summed E-state index contributed by atoms with van der Waals surface area (Å²) in [6, 6.07) is 10.3. The van der Waals surface area contributed by atoms with Crippen LogP contribution in [0.3, 0.4) is 0 Å². The zero-order valence-corrected chi connectivity index (χ0v) is 19.6. The van der Waals surface area contributed by atoms with E-state index in [0.717, 1.165) is 19.6 Å². The molecule has 2 heterocycles. The summed E-state index contributed by atoms with van der Waals surface area (Å²) in [6.07, 6.45) is 0.640.